The zero-order valence-electron chi connectivity index (χ0n) is 13.7. The van der Waals surface area contributed by atoms with Crippen molar-refractivity contribution in [2.75, 3.05) is 0 Å². The average Bonchev–Trinajstić information content (AvgIpc) is 2.62. The van der Waals surface area contributed by atoms with Gasteiger partial charge in [0.25, 0.3) is 5.56 Å². The van der Waals surface area contributed by atoms with Gasteiger partial charge in [-0.2, -0.15) is 13.2 Å². The molecular formula is C17H11ClF3N3O3. The van der Waals surface area contributed by atoms with Crippen molar-refractivity contribution in [3.8, 4) is 0 Å². The summed E-state index contributed by atoms with van der Waals surface area (Å²) in [6.07, 6.45) is -4.72. The first-order chi connectivity index (χ1) is 12.6. The van der Waals surface area contributed by atoms with Gasteiger partial charge in [0.2, 0.25) is 0 Å². The minimum Gasteiger partial charge on any atom is -0.292 e. The number of rotatable bonds is 3. The monoisotopic (exact) mass is 397 g/mol. The summed E-state index contributed by atoms with van der Waals surface area (Å²) in [6.45, 7) is -0.565. The number of halogens is 4. The number of hydrogen-bond donors (Lipinski definition) is 0. The Labute approximate surface area is 154 Å². The second-order valence-electron chi connectivity index (χ2n) is 5.73. The van der Waals surface area contributed by atoms with Crippen LogP contribution in [0.15, 0.2) is 46.0 Å². The molecule has 0 unspecified atom stereocenters. The van der Waals surface area contributed by atoms with E-state index < -0.39 is 41.1 Å². The first-order valence-corrected chi connectivity index (χ1v) is 7.94. The molecule has 0 spiro atoms. The van der Waals surface area contributed by atoms with E-state index in [2.05, 4.69) is 4.98 Å². The van der Waals surface area contributed by atoms with Crippen molar-refractivity contribution in [1.82, 2.24) is 14.1 Å². The van der Waals surface area contributed by atoms with Crippen LogP contribution in [0.25, 0.3) is 11.0 Å². The minimum atomic E-state index is -4.72. The molecule has 0 aliphatic carbocycles. The van der Waals surface area contributed by atoms with Crippen LogP contribution < -0.4 is 11.2 Å². The highest BCUT2D eigenvalue weighted by Gasteiger charge is 2.33. The second-order valence-corrected chi connectivity index (χ2v) is 6.16. The Morgan fingerprint density at radius 2 is 1.74 bits per heavy atom. The van der Waals surface area contributed by atoms with Crippen LogP contribution in [0, 0.1) is 0 Å². The van der Waals surface area contributed by atoms with Gasteiger partial charge in [0.05, 0.1) is 11.9 Å². The van der Waals surface area contributed by atoms with Crippen LogP contribution in [-0.4, -0.2) is 19.9 Å². The summed E-state index contributed by atoms with van der Waals surface area (Å²) in [5, 5.41) is 0.214. The molecule has 0 bridgehead atoms. The third kappa shape index (κ3) is 3.50. The van der Waals surface area contributed by atoms with E-state index in [1.807, 2.05) is 0 Å². The Kier molecular flexibility index (Phi) is 4.64. The number of hydrogen-bond acceptors (Lipinski definition) is 4. The lowest BCUT2D eigenvalue weighted by atomic mass is 10.1. The predicted octanol–water partition coefficient (Wildman–Crippen LogP) is 2.65. The first-order valence-electron chi connectivity index (χ1n) is 7.56. The number of pyridine rings is 1. The van der Waals surface area contributed by atoms with E-state index in [0.29, 0.717) is 15.7 Å². The lowest BCUT2D eigenvalue weighted by Crippen LogP contribution is -2.41. The molecule has 140 valence electrons. The van der Waals surface area contributed by atoms with Crippen LogP contribution in [0.1, 0.15) is 16.1 Å². The summed E-state index contributed by atoms with van der Waals surface area (Å²) in [7, 11) is 1.18. The van der Waals surface area contributed by atoms with Gasteiger partial charge < -0.3 is 0 Å². The van der Waals surface area contributed by atoms with Crippen molar-refractivity contribution >= 4 is 28.4 Å². The van der Waals surface area contributed by atoms with Crippen molar-refractivity contribution < 1.29 is 18.0 Å². The molecule has 1 aromatic carbocycles. The quantitative estimate of drug-likeness (QED) is 0.637. The van der Waals surface area contributed by atoms with E-state index >= 15 is 0 Å². The first kappa shape index (κ1) is 18.8. The number of carbonyl (C=O) groups is 1. The molecule has 0 amide bonds. The maximum Gasteiger partial charge on any atom is 0.433 e. The van der Waals surface area contributed by atoms with E-state index in [1.54, 1.807) is 0 Å². The topological polar surface area (TPSA) is 74.0 Å². The molecule has 0 N–H and O–H groups in total. The normalized spacial score (nSPS) is 11.7. The standard InChI is InChI=1S/C17H11ClF3N3O3/c1-23-14-11(6-7-13(22-14)17(19,20)21)15(26)24(16(23)27)8-12(25)9-2-4-10(18)5-3-9/h2-7H,8H2,1H3. The van der Waals surface area contributed by atoms with Crippen LogP contribution in [0.3, 0.4) is 0 Å². The minimum absolute atomic E-state index is 0.200. The predicted molar refractivity (Wildman–Crippen MR) is 92.0 cm³/mol. The van der Waals surface area contributed by atoms with Gasteiger partial charge in [0.1, 0.15) is 11.3 Å². The number of carbonyl (C=O) groups excluding carboxylic acids is 1. The van der Waals surface area contributed by atoms with Gasteiger partial charge in [0, 0.05) is 17.6 Å². The van der Waals surface area contributed by atoms with E-state index in [-0.39, 0.29) is 10.9 Å². The molecule has 6 nitrogen and oxygen atoms in total. The van der Waals surface area contributed by atoms with Crippen molar-refractivity contribution in [3.05, 3.63) is 73.5 Å². The fourth-order valence-electron chi connectivity index (χ4n) is 2.54. The molecule has 0 fully saturated rings. The van der Waals surface area contributed by atoms with Crippen LogP contribution in [0.5, 0.6) is 0 Å². The number of aromatic nitrogens is 3. The maximum absolute atomic E-state index is 12.8. The number of Topliss-reactive ketones (excluding diaryl/α,β-unsaturated/α-hetero) is 1. The Morgan fingerprint density at radius 1 is 1.11 bits per heavy atom. The van der Waals surface area contributed by atoms with E-state index in [0.717, 1.165) is 10.6 Å². The third-order valence-electron chi connectivity index (χ3n) is 3.94. The summed E-state index contributed by atoms with van der Waals surface area (Å²) in [6, 6.07) is 7.45. The zero-order valence-corrected chi connectivity index (χ0v) is 14.5. The highest BCUT2D eigenvalue weighted by molar-refractivity contribution is 6.30. The van der Waals surface area contributed by atoms with Gasteiger partial charge in [-0.15, -0.1) is 0 Å². The summed E-state index contributed by atoms with van der Waals surface area (Å²) in [4.78, 5) is 40.7. The number of nitrogens with zero attached hydrogens (tertiary/aromatic N) is 3. The smallest absolute Gasteiger partial charge is 0.292 e. The van der Waals surface area contributed by atoms with Gasteiger partial charge >= 0.3 is 11.9 Å². The lowest BCUT2D eigenvalue weighted by Gasteiger charge is -2.12. The summed E-state index contributed by atoms with van der Waals surface area (Å²) in [5.41, 5.74) is -3.23. The number of ketones is 1. The Balaban J connectivity index is 2.12. The average molecular weight is 398 g/mol. The molecule has 0 aliphatic heterocycles. The van der Waals surface area contributed by atoms with Crippen molar-refractivity contribution in [1.29, 1.82) is 0 Å². The van der Waals surface area contributed by atoms with Gasteiger partial charge in [-0.3, -0.25) is 18.7 Å². The lowest BCUT2D eigenvalue weighted by molar-refractivity contribution is -0.141. The molecular weight excluding hydrogens is 387 g/mol. The fourth-order valence-corrected chi connectivity index (χ4v) is 2.67. The number of fused-ring (bicyclic) bond motifs is 1. The van der Waals surface area contributed by atoms with Crippen molar-refractivity contribution in [3.63, 3.8) is 0 Å². The van der Waals surface area contributed by atoms with Crippen LogP contribution in [-0.2, 0) is 19.8 Å². The van der Waals surface area contributed by atoms with Crippen LogP contribution in [0.2, 0.25) is 5.02 Å². The molecule has 0 saturated heterocycles. The molecule has 2 heterocycles. The van der Waals surface area contributed by atoms with Gasteiger partial charge in [-0.1, -0.05) is 11.6 Å². The molecule has 3 rings (SSSR count). The summed E-state index contributed by atoms with van der Waals surface area (Å²) < 4.78 is 40.0. The zero-order chi connectivity index (χ0) is 19.9. The van der Waals surface area contributed by atoms with Crippen molar-refractivity contribution in [2.45, 2.75) is 12.7 Å². The molecule has 10 heteroatoms. The van der Waals surface area contributed by atoms with E-state index in [1.165, 1.54) is 31.3 Å². The maximum atomic E-state index is 12.8. The second kappa shape index (κ2) is 6.66. The van der Waals surface area contributed by atoms with Gasteiger partial charge in [-0.05, 0) is 36.4 Å². The molecule has 3 aromatic rings. The van der Waals surface area contributed by atoms with Crippen molar-refractivity contribution in [2.24, 2.45) is 7.05 Å². The molecule has 0 saturated carbocycles. The highest BCUT2D eigenvalue weighted by Crippen LogP contribution is 2.28. The van der Waals surface area contributed by atoms with E-state index in [9.17, 15) is 27.6 Å². The Hall–Kier alpha value is -2.94. The largest absolute Gasteiger partial charge is 0.433 e. The Morgan fingerprint density at radius 3 is 2.33 bits per heavy atom. The number of aryl methyl sites for hydroxylation is 1. The van der Waals surface area contributed by atoms with Crippen LogP contribution in [0.4, 0.5) is 13.2 Å². The summed E-state index contributed by atoms with van der Waals surface area (Å²) in [5.74, 6) is -0.523. The fraction of sp³-hybridized carbons (Fsp3) is 0.176. The van der Waals surface area contributed by atoms with Gasteiger partial charge in [0.15, 0.2) is 5.78 Å². The van der Waals surface area contributed by atoms with E-state index in [4.69, 9.17) is 11.6 Å². The molecule has 2 aromatic heterocycles. The number of benzene rings is 1. The van der Waals surface area contributed by atoms with Gasteiger partial charge in [-0.25, -0.2) is 9.78 Å². The Bertz CT molecular complexity index is 1160. The molecule has 27 heavy (non-hydrogen) atoms. The molecule has 0 radical (unpaired) electrons. The molecule has 0 atom stereocenters. The highest BCUT2D eigenvalue weighted by atomic mass is 35.5. The molecule has 0 aliphatic rings. The SMILES string of the molecule is Cn1c(=O)n(CC(=O)c2ccc(Cl)cc2)c(=O)c2ccc(C(F)(F)F)nc21. The number of alkyl halides is 3. The van der Waals surface area contributed by atoms with Crippen LogP contribution >= 0.6 is 11.6 Å². The third-order valence-corrected chi connectivity index (χ3v) is 4.20. The summed E-state index contributed by atoms with van der Waals surface area (Å²) >= 11 is 5.75.